The fraction of sp³-hybridized carbons (Fsp3) is 0.667. The largest absolute Gasteiger partial charge is 0.383 e. The van der Waals surface area contributed by atoms with Gasteiger partial charge in [-0.1, -0.05) is 51.5 Å². The normalized spacial score (nSPS) is 23.9. The number of rotatable bonds is 5. The van der Waals surface area contributed by atoms with Crippen LogP contribution < -0.4 is 0 Å². The van der Waals surface area contributed by atoms with E-state index in [1.807, 2.05) is 12.2 Å². The van der Waals surface area contributed by atoms with E-state index in [2.05, 4.69) is 33.8 Å². The number of carbonyl (C=O) groups is 1. The molecule has 2 heteroatoms. The second-order valence-electron chi connectivity index (χ2n) is 5.97. The van der Waals surface area contributed by atoms with Gasteiger partial charge < -0.3 is 4.74 Å². The molecular weight excluding hydrogens is 212 g/mol. The van der Waals surface area contributed by atoms with Crippen LogP contribution in [0, 0.1) is 10.8 Å². The second-order valence-corrected chi connectivity index (χ2v) is 5.97. The van der Waals surface area contributed by atoms with Crippen molar-refractivity contribution in [2.24, 2.45) is 10.8 Å². The molecular formula is C15H24O2. The molecule has 0 fully saturated rings. The Balaban J connectivity index is 2.97. The number of Topliss-reactive ketones (excluding diaryl/α,β-unsaturated/α-hetero) is 1. The number of ketones is 1. The van der Waals surface area contributed by atoms with Gasteiger partial charge in [-0.25, -0.2) is 0 Å². The molecule has 1 aliphatic carbocycles. The molecule has 0 aromatic rings. The molecule has 0 heterocycles. The van der Waals surface area contributed by atoms with E-state index in [0.29, 0.717) is 13.0 Å². The van der Waals surface area contributed by atoms with Crippen LogP contribution in [0.1, 0.15) is 40.5 Å². The molecule has 2 nitrogen and oxygen atoms in total. The SMILES string of the molecule is CCC1=CC=CC1(COC)C(=O)CC(C)(C)C. The van der Waals surface area contributed by atoms with Gasteiger partial charge in [0.25, 0.3) is 0 Å². The lowest BCUT2D eigenvalue weighted by atomic mass is 9.73. The first-order valence-electron chi connectivity index (χ1n) is 6.27. The van der Waals surface area contributed by atoms with Crippen molar-refractivity contribution in [1.29, 1.82) is 0 Å². The van der Waals surface area contributed by atoms with Gasteiger partial charge in [0.05, 0.1) is 12.0 Å². The summed E-state index contributed by atoms with van der Waals surface area (Å²) in [6, 6.07) is 0. The summed E-state index contributed by atoms with van der Waals surface area (Å²) < 4.78 is 5.28. The zero-order valence-electron chi connectivity index (χ0n) is 11.7. The van der Waals surface area contributed by atoms with Crippen molar-refractivity contribution in [1.82, 2.24) is 0 Å². The number of carbonyl (C=O) groups excluding carboxylic acids is 1. The second kappa shape index (κ2) is 5.18. The van der Waals surface area contributed by atoms with Gasteiger partial charge in [-0.2, -0.15) is 0 Å². The lowest BCUT2D eigenvalue weighted by molar-refractivity contribution is -0.128. The number of methoxy groups -OCH3 is 1. The van der Waals surface area contributed by atoms with E-state index in [1.54, 1.807) is 7.11 Å². The molecule has 0 aromatic carbocycles. The van der Waals surface area contributed by atoms with Crippen molar-refractivity contribution < 1.29 is 9.53 Å². The van der Waals surface area contributed by atoms with Crippen molar-refractivity contribution in [3.8, 4) is 0 Å². The quantitative estimate of drug-likeness (QED) is 0.730. The Morgan fingerprint density at radius 1 is 1.41 bits per heavy atom. The number of ether oxygens (including phenoxy) is 1. The smallest absolute Gasteiger partial charge is 0.149 e. The van der Waals surface area contributed by atoms with Crippen LogP contribution in [-0.2, 0) is 9.53 Å². The molecule has 1 atom stereocenters. The average molecular weight is 236 g/mol. The molecule has 0 aliphatic heterocycles. The number of hydrogen-bond acceptors (Lipinski definition) is 2. The van der Waals surface area contributed by atoms with Gasteiger partial charge in [-0.3, -0.25) is 4.79 Å². The maximum atomic E-state index is 12.6. The van der Waals surface area contributed by atoms with Crippen molar-refractivity contribution >= 4 is 5.78 Å². The molecule has 0 aromatic heterocycles. The van der Waals surface area contributed by atoms with Gasteiger partial charge in [0.2, 0.25) is 0 Å². The highest BCUT2D eigenvalue weighted by Crippen LogP contribution is 2.40. The topological polar surface area (TPSA) is 26.3 Å². The minimum Gasteiger partial charge on any atom is -0.383 e. The van der Waals surface area contributed by atoms with E-state index in [-0.39, 0.29) is 11.2 Å². The number of allylic oxidation sites excluding steroid dienone is 2. The van der Waals surface area contributed by atoms with Gasteiger partial charge in [0, 0.05) is 13.5 Å². The molecule has 0 saturated carbocycles. The maximum absolute atomic E-state index is 12.6. The third-order valence-electron chi connectivity index (χ3n) is 3.19. The Morgan fingerprint density at radius 3 is 2.53 bits per heavy atom. The molecule has 17 heavy (non-hydrogen) atoms. The molecule has 1 rings (SSSR count). The summed E-state index contributed by atoms with van der Waals surface area (Å²) in [6.07, 6.45) is 7.52. The first kappa shape index (κ1) is 14.2. The zero-order chi connectivity index (χ0) is 13.1. The van der Waals surface area contributed by atoms with Crippen LogP contribution in [0.4, 0.5) is 0 Å². The summed E-state index contributed by atoms with van der Waals surface area (Å²) >= 11 is 0. The zero-order valence-corrected chi connectivity index (χ0v) is 11.7. The fourth-order valence-corrected chi connectivity index (χ4v) is 2.38. The predicted octanol–water partition coefficient (Wildman–Crippen LogP) is 3.53. The Kier molecular flexibility index (Phi) is 4.31. The third kappa shape index (κ3) is 3.06. The standard InChI is InChI=1S/C15H24O2/c1-6-12-8-7-9-15(12,11-17-5)13(16)10-14(2,3)4/h7-9H,6,10-11H2,1-5H3. The van der Waals surface area contributed by atoms with Gasteiger partial charge >= 0.3 is 0 Å². The van der Waals surface area contributed by atoms with Gasteiger partial charge in [-0.05, 0) is 11.8 Å². The summed E-state index contributed by atoms with van der Waals surface area (Å²) in [7, 11) is 1.66. The van der Waals surface area contributed by atoms with E-state index in [4.69, 9.17) is 4.74 Å². The van der Waals surface area contributed by atoms with E-state index >= 15 is 0 Å². The highest BCUT2D eigenvalue weighted by Gasteiger charge is 2.41. The monoisotopic (exact) mass is 236 g/mol. The van der Waals surface area contributed by atoms with Gasteiger partial charge in [0.15, 0.2) is 0 Å². The maximum Gasteiger partial charge on any atom is 0.149 e. The summed E-state index contributed by atoms with van der Waals surface area (Å²) in [5.74, 6) is 0.272. The summed E-state index contributed by atoms with van der Waals surface area (Å²) in [6.45, 7) is 8.84. The summed E-state index contributed by atoms with van der Waals surface area (Å²) in [4.78, 5) is 12.6. The minimum atomic E-state index is -0.503. The van der Waals surface area contributed by atoms with E-state index in [1.165, 1.54) is 5.57 Å². The minimum absolute atomic E-state index is 0.0209. The number of hydrogen-bond donors (Lipinski definition) is 0. The van der Waals surface area contributed by atoms with E-state index in [0.717, 1.165) is 6.42 Å². The first-order valence-corrected chi connectivity index (χ1v) is 6.27. The van der Waals surface area contributed by atoms with Crippen LogP contribution in [0.2, 0.25) is 0 Å². The summed E-state index contributed by atoms with van der Waals surface area (Å²) in [5.41, 5.74) is 0.692. The average Bonchev–Trinajstić information content (AvgIpc) is 2.60. The van der Waals surface area contributed by atoms with Crippen LogP contribution in [0.3, 0.4) is 0 Å². The Bertz CT molecular complexity index is 344. The van der Waals surface area contributed by atoms with Crippen LogP contribution >= 0.6 is 0 Å². The predicted molar refractivity (Wildman–Crippen MR) is 70.9 cm³/mol. The van der Waals surface area contributed by atoms with Crippen molar-refractivity contribution in [3.05, 3.63) is 23.8 Å². The third-order valence-corrected chi connectivity index (χ3v) is 3.19. The Morgan fingerprint density at radius 2 is 2.06 bits per heavy atom. The molecule has 0 N–H and O–H groups in total. The van der Waals surface area contributed by atoms with Crippen molar-refractivity contribution in [2.45, 2.75) is 40.5 Å². The van der Waals surface area contributed by atoms with Crippen LogP contribution in [0.25, 0.3) is 0 Å². The highest BCUT2D eigenvalue weighted by molar-refractivity contribution is 5.91. The van der Waals surface area contributed by atoms with Crippen LogP contribution in [0.15, 0.2) is 23.8 Å². The van der Waals surface area contributed by atoms with Crippen LogP contribution in [0.5, 0.6) is 0 Å². The van der Waals surface area contributed by atoms with Gasteiger partial charge in [-0.15, -0.1) is 0 Å². The van der Waals surface area contributed by atoms with Gasteiger partial charge in [0.1, 0.15) is 5.78 Å². The molecule has 1 aliphatic rings. The molecule has 0 saturated heterocycles. The Labute approximate surface area is 105 Å². The van der Waals surface area contributed by atoms with E-state index < -0.39 is 5.41 Å². The molecule has 0 spiro atoms. The summed E-state index contributed by atoms with van der Waals surface area (Å²) in [5, 5.41) is 0. The Hall–Kier alpha value is -0.890. The lowest BCUT2D eigenvalue weighted by Crippen LogP contribution is -2.36. The van der Waals surface area contributed by atoms with Crippen molar-refractivity contribution in [3.63, 3.8) is 0 Å². The fourth-order valence-electron chi connectivity index (χ4n) is 2.38. The highest BCUT2D eigenvalue weighted by atomic mass is 16.5. The van der Waals surface area contributed by atoms with Crippen molar-refractivity contribution in [2.75, 3.05) is 13.7 Å². The molecule has 0 radical (unpaired) electrons. The molecule has 0 bridgehead atoms. The van der Waals surface area contributed by atoms with Crippen LogP contribution in [-0.4, -0.2) is 19.5 Å². The van der Waals surface area contributed by atoms with E-state index in [9.17, 15) is 4.79 Å². The molecule has 1 unspecified atom stereocenters. The first-order chi connectivity index (χ1) is 7.85. The lowest BCUT2D eigenvalue weighted by Gasteiger charge is -2.31. The molecule has 0 amide bonds. The molecule has 96 valence electrons.